The van der Waals surface area contributed by atoms with Crippen molar-refractivity contribution in [3.8, 4) is 0 Å². The Morgan fingerprint density at radius 1 is 1.44 bits per heavy atom. The monoisotopic (exact) mass is 333 g/mol. The van der Waals surface area contributed by atoms with E-state index in [0.717, 1.165) is 9.13 Å². The molecule has 0 aliphatic carbocycles. The molecule has 0 spiro atoms. The van der Waals surface area contributed by atoms with Gasteiger partial charge in [-0.2, -0.15) is 0 Å². The molecule has 0 aliphatic heterocycles. The predicted octanol–water partition coefficient (Wildman–Crippen LogP) is 1.38. The van der Waals surface area contributed by atoms with E-state index in [4.69, 9.17) is 5.11 Å². The molecule has 1 N–H and O–H groups in total. The molecule has 1 amide bonds. The molecule has 0 heterocycles. The average Bonchev–Trinajstić information content (AvgIpc) is 2.16. The summed E-state index contributed by atoms with van der Waals surface area (Å²) in [4.78, 5) is 23.3. The second-order valence-electron chi connectivity index (χ2n) is 3.45. The molecule has 0 aromatic heterocycles. The van der Waals surface area contributed by atoms with Gasteiger partial charge in [-0.25, -0.2) is 0 Å². The highest BCUT2D eigenvalue weighted by Gasteiger charge is 2.12. The first-order valence-electron chi connectivity index (χ1n) is 4.69. The van der Waals surface area contributed by atoms with E-state index in [2.05, 4.69) is 22.6 Å². The van der Waals surface area contributed by atoms with E-state index >= 15 is 0 Å². The van der Waals surface area contributed by atoms with Crippen molar-refractivity contribution in [2.24, 2.45) is 0 Å². The SMILES string of the molecule is CN(CC(=O)O)C(=O)Cc1cccc(I)c1. The first kappa shape index (κ1) is 13.0. The molecule has 0 aliphatic rings. The van der Waals surface area contributed by atoms with E-state index in [-0.39, 0.29) is 18.9 Å². The Balaban J connectivity index is 2.60. The van der Waals surface area contributed by atoms with Crippen LogP contribution in [-0.2, 0) is 16.0 Å². The molecule has 1 aromatic carbocycles. The average molecular weight is 333 g/mol. The maximum atomic E-state index is 11.6. The number of likely N-dealkylation sites (N-methyl/N-ethyl adjacent to an activating group) is 1. The fourth-order valence-electron chi connectivity index (χ4n) is 1.25. The van der Waals surface area contributed by atoms with E-state index in [1.807, 2.05) is 24.3 Å². The molecule has 4 nitrogen and oxygen atoms in total. The molecule has 1 rings (SSSR count). The van der Waals surface area contributed by atoms with E-state index in [0.29, 0.717) is 0 Å². The molecule has 16 heavy (non-hydrogen) atoms. The minimum absolute atomic E-state index is 0.190. The summed E-state index contributed by atoms with van der Waals surface area (Å²) < 4.78 is 1.06. The van der Waals surface area contributed by atoms with Crippen LogP contribution in [0, 0.1) is 3.57 Å². The van der Waals surface area contributed by atoms with Gasteiger partial charge in [0.15, 0.2) is 0 Å². The van der Waals surface area contributed by atoms with Crippen molar-refractivity contribution in [2.75, 3.05) is 13.6 Å². The highest BCUT2D eigenvalue weighted by Crippen LogP contribution is 2.09. The minimum Gasteiger partial charge on any atom is -0.480 e. The van der Waals surface area contributed by atoms with E-state index in [1.54, 1.807) is 0 Å². The molecule has 0 fully saturated rings. The summed E-state index contributed by atoms with van der Waals surface area (Å²) in [7, 11) is 1.49. The molecule has 0 atom stereocenters. The number of nitrogens with zero attached hydrogens (tertiary/aromatic N) is 1. The maximum Gasteiger partial charge on any atom is 0.323 e. The van der Waals surface area contributed by atoms with Gasteiger partial charge in [0.1, 0.15) is 6.54 Å². The van der Waals surface area contributed by atoms with E-state index in [1.165, 1.54) is 11.9 Å². The third-order valence-electron chi connectivity index (χ3n) is 2.04. The summed E-state index contributed by atoms with van der Waals surface area (Å²) in [6.07, 6.45) is 0.237. The van der Waals surface area contributed by atoms with Gasteiger partial charge in [0.25, 0.3) is 0 Å². The standard InChI is InChI=1S/C11H12INO3/c1-13(7-11(15)16)10(14)6-8-3-2-4-9(12)5-8/h2-5H,6-7H2,1H3,(H,15,16). The fraction of sp³-hybridized carbons (Fsp3) is 0.273. The van der Waals surface area contributed by atoms with Crippen LogP contribution < -0.4 is 0 Å². The van der Waals surface area contributed by atoms with Crippen LogP contribution in [0.3, 0.4) is 0 Å². The van der Waals surface area contributed by atoms with Crippen LogP contribution in [0.1, 0.15) is 5.56 Å². The van der Waals surface area contributed by atoms with Gasteiger partial charge in [-0.3, -0.25) is 9.59 Å². The minimum atomic E-state index is -1.00. The van der Waals surface area contributed by atoms with Crippen LogP contribution in [0.25, 0.3) is 0 Å². The number of amides is 1. The fourth-order valence-corrected chi connectivity index (χ4v) is 1.86. The number of rotatable bonds is 4. The first-order chi connectivity index (χ1) is 7.49. The van der Waals surface area contributed by atoms with Crippen LogP contribution in [0.2, 0.25) is 0 Å². The predicted molar refractivity (Wildman–Crippen MR) is 68.1 cm³/mol. The van der Waals surface area contributed by atoms with Crippen molar-refractivity contribution < 1.29 is 14.7 Å². The van der Waals surface area contributed by atoms with Gasteiger partial charge in [0, 0.05) is 10.6 Å². The van der Waals surface area contributed by atoms with E-state index < -0.39 is 5.97 Å². The Morgan fingerprint density at radius 3 is 2.69 bits per heavy atom. The van der Waals surface area contributed by atoms with Gasteiger partial charge < -0.3 is 10.0 Å². The van der Waals surface area contributed by atoms with Gasteiger partial charge in [-0.1, -0.05) is 12.1 Å². The number of carboxylic acid groups (broad SMARTS) is 1. The topological polar surface area (TPSA) is 57.6 Å². The molecule has 0 bridgehead atoms. The molecule has 86 valence electrons. The molecular weight excluding hydrogens is 321 g/mol. The Morgan fingerprint density at radius 2 is 2.12 bits per heavy atom. The molecule has 5 heteroatoms. The summed E-state index contributed by atoms with van der Waals surface area (Å²) in [6.45, 7) is -0.261. The molecular formula is C11H12INO3. The lowest BCUT2D eigenvalue weighted by atomic mass is 10.1. The third kappa shape index (κ3) is 4.18. The third-order valence-corrected chi connectivity index (χ3v) is 2.71. The van der Waals surface area contributed by atoms with Gasteiger partial charge in [0.2, 0.25) is 5.91 Å². The highest BCUT2D eigenvalue weighted by atomic mass is 127. The van der Waals surface area contributed by atoms with Crippen LogP contribution in [-0.4, -0.2) is 35.5 Å². The van der Waals surface area contributed by atoms with Gasteiger partial charge in [-0.05, 0) is 40.3 Å². The van der Waals surface area contributed by atoms with Gasteiger partial charge in [-0.15, -0.1) is 0 Å². The van der Waals surface area contributed by atoms with Crippen LogP contribution in [0.5, 0.6) is 0 Å². The first-order valence-corrected chi connectivity index (χ1v) is 5.77. The number of carboxylic acids is 1. The second kappa shape index (κ2) is 5.83. The lowest BCUT2D eigenvalue weighted by Gasteiger charge is -2.14. The maximum absolute atomic E-state index is 11.6. The van der Waals surface area contributed by atoms with Crippen molar-refractivity contribution in [3.63, 3.8) is 0 Å². The van der Waals surface area contributed by atoms with Gasteiger partial charge >= 0.3 is 5.97 Å². The normalized spacial score (nSPS) is 9.88. The van der Waals surface area contributed by atoms with Crippen molar-refractivity contribution in [1.29, 1.82) is 0 Å². The number of carbonyl (C=O) groups excluding carboxylic acids is 1. The second-order valence-corrected chi connectivity index (χ2v) is 4.70. The zero-order valence-corrected chi connectivity index (χ0v) is 11.0. The number of carbonyl (C=O) groups is 2. The van der Waals surface area contributed by atoms with Crippen LogP contribution in [0.15, 0.2) is 24.3 Å². The van der Waals surface area contributed by atoms with Crippen molar-refractivity contribution in [1.82, 2.24) is 4.90 Å². The van der Waals surface area contributed by atoms with Crippen molar-refractivity contribution >= 4 is 34.5 Å². The highest BCUT2D eigenvalue weighted by molar-refractivity contribution is 14.1. The summed E-state index contributed by atoms with van der Waals surface area (Å²) in [5.41, 5.74) is 0.897. The summed E-state index contributed by atoms with van der Waals surface area (Å²) in [5.74, 6) is -1.19. The lowest BCUT2D eigenvalue weighted by Crippen LogP contribution is -2.33. The number of halogens is 1. The zero-order chi connectivity index (χ0) is 12.1. The molecule has 0 saturated carbocycles. The summed E-state index contributed by atoms with van der Waals surface area (Å²) in [5, 5.41) is 8.55. The zero-order valence-electron chi connectivity index (χ0n) is 8.81. The smallest absolute Gasteiger partial charge is 0.323 e. The Labute approximate surface area is 107 Å². The Hall–Kier alpha value is -1.11. The van der Waals surface area contributed by atoms with E-state index in [9.17, 15) is 9.59 Å². The van der Waals surface area contributed by atoms with Crippen LogP contribution in [0.4, 0.5) is 0 Å². The molecule has 1 aromatic rings. The Bertz CT molecular complexity index is 406. The van der Waals surface area contributed by atoms with Crippen molar-refractivity contribution in [2.45, 2.75) is 6.42 Å². The largest absolute Gasteiger partial charge is 0.480 e. The number of hydrogen-bond donors (Lipinski definition) is 1. The number of aliphatic carboxylic acids is 1. The molecule has 0 saturated heterocycles. The number of hydrogen-bond acceptors (Lipinski definition) is 2. The number of benzene rings is 1. The quantitative estimate of drug-likeness (QED) is 0.847. The molecule has 0 radical (unpaired) electrons. The lowest BCUT2D eigenvalue weighted by molar-refractivity contribution is -0.143. The summed E-state index contributed by atoms with van der Waals surface area (Å²) in [6, 6.07) is 7.58. The van der Waals surface area contributed by atoms with Crippen molar-refractivity contribution in [3.05, 3.63) is 33.4 Å². The van der Waals surface area contributed by atoms with Crippen LogP contribution >= 0.6 is 22.6 Å². The summed E-state index contributed by atoms with van der Waals surface area (Å²) >= 11 is 2.17. The van der Waals surface area contributed by atoms with Gasteiger partial charge in [0.05, 0.1) is 6.42 Å². The molecule has 0 unspecified atom stereocenters. The Kier molecular flexibility index (Phi) is 4.72.